The van der Waals surface area contributed by atoms with Crippen molar-refractivity contribution < 1.29 is 13.9 Å². The van der Waals surface area contributed by atoms with E-state index in [4.69, 9.17) is 0 Å². The van der Waals surface area contributed by atoms with Gasteiger partial charge < -0.3 is 5.11 Å². The molecular formula is C13H16F2O. The Hall–Kier alpha value is -0.960. The summed E-state index contributed by atoms with van der Waals surface area (Å²) >= 11 is 0. The van der Waals surface area contributed by atoms with Crippen LogP contribution in [0.3, 0.4) is 0 Å². The second-order valence-electron chi connectivity index (χ2n) is 4.61. The lowest BCUT2D eigenvalue weighted by atomic mass is 9.85. The molecular weight excluding hydrogens is 210 g/mol. The van der Waals surface area contributed by atoms with Gasteiger partial charge in [0.25, 0.3) is 0 Å². The molecule has 0 aromatic heterocycles. The van der Waals surface area contributed by atoms with Crippen molar-refractivity contribution in [3.05, 3.63) is 34.9 Å². The van der Waals surface area contributed by atoms with Crippen LogP contribution in [0.15, 0.2) is 12.1 Å². The van der Waals surface area contributed by atoms with Crippen LogP contribution in [0.4, 0.5) is 8.78 Å². The first-order valence-electron chi connectivity index (χ1n) is 5.68. The fraction of sp³-hybridized carbons (Fsp3) is 0.538. The molecule has 0 saturated heterocycles. The van der Waals surface area contributed by atoms with Gasteiger partial charge in [0.05, 0.1) is 5.60 Å². The second-order valence-corrected chi connectivity index (χ2v) is 4.61. The Morgan fingerprint density at radius 3 is 2.44 bits per heavy atom. The monoisotopic (exact) mass is 226 g/mol. The summed E-state index contributed by atoms with van der Waals surface area (Å²) in [4.78, 5) is 0. The van der Waals surface area contributed by atoms with Gasteiger partial charge in [0.15, 0.2) is 11.6 Å². The van der Waals surface area contributed by atoms with Crippen LogP contribution >= 0.6 is 0 Å². The Labute approximate surface area is 94.1 Å². The molecule has 1 aromatic rings. The van der Waals surface area contributed by atoms with E-state index in [1.807, 2.05) is 0 Å². The molecule has 1 aliphatic carbocycles. The molecule has 2 rings (SSSR count). The van der Waals surface area contributed by atoms with E-state index in [0.717, 1.165) is 12.8 Å². The van der Waals surface area contributed by atoms with Crippen LogP contribution in [0, 0.1) is 24.5 Å². The van der Waals surface area contributed by atoms with Crippen molar-refractivity contribution in [3.63, 3.8) is 0 Å². The third-order valence-corrected chi connectivity index (χ3v) is 3.53. The topological polar surface area (TPSA) is 20.2 Å². The number of aliphatic hydroxyl groups is 1. The van der Waals surface area contributed by atoms with Gasteiger partial charge in [0.1, 0.15) is 0 Å². The van der Waals surface area contributed by atoms with Crippen LogP contribution in [0.25, 0.3) is 0 Å². The van der Waals surface area contributed by atoms with Gasteiger partial charge in [-0.3, -0.25) is 0 Å². The number of halogens is 2. The van der Waals surface area contributed by atoms with E-state index in [2.05, 4.69) is 0 Å². The summed E-state index contributed by atoms with van der Waals surface area (Å²) in [6.45, 7) is 3.32. The highest BCUT2D eigenvalue weighted by Gasteiger charge is 2.45. The standard InChI is InChI=1S/C13H16F2O/c1-3-13(16,9-5-6-9)10-7-4-8(2)11(14)12(10)15/h4,7,9,16H,3,5-6H2,1-2H3. The van der Waals surface area contributed by atoms with E-state index in [-0.39, 0.29) is 17.0 Å². The largest absolute Gasteiger partial charge is 0.385 e. The lowest BCUT2D eigenvalue weighted by Gasteiger charge is -2.28. The highest BCUT2D eigenvalue weighted by molar-refractivity contribution is 5.31. The van der Waals surface area contributed by atoms with E-state index in [9.17, 15) is 13.9 Å². The zero-order chi connectivity index (χ0) is 11.9. The van der Waals surface area contributed by atoms with Gasteiger partial charge >= 0.3 is 0 Å². The second kappa shape index (κ2) is 3.81. The van der Waals surface area contributed by atoms with Crippen molar-refractivity contribution in [2.45, 2.75) is 38.7 Å². The molecule has 0 heterocycles. The predicted molar refractivity (Wildman–Crippen MR) is 58.0 cm³/mol. The summed E-state index contributed by atoms with van der Waals surface area (Å²) in [5.74, 6) is -1.66. The van der Waals surface area contributed by atoms with Gasteiger partial charge in [-0.1, -0.05) is 19.1 Å². The molecule has 1 unspecified atom stereocenters. The Morgan fingerprint density at radius 2 is 1.94 bits per heavy atom. The number of benzene rings is 1. The van der Waals surface area contributed by atoms with Crippen molar-refractivity contribution in [1.29, 1.82) is 0 Å². The normalized spacial score (nSPS) is 19.6. The number of rotatable bonds is 3. The SMILES string of the molecule is CCC(O)(c1ccc(C)c(F)c1F)C1CC1. The molecule has 1 saturated carbocycles. The molecule has 0 aliphatic heterocycles. The van der Waals surface area contributed by atoms with Crippen molar-refractivity contribution in [2.24, 2.45) is 5.92 Å². The molecule has 88 valence electrons. The first kappa shape index (κ1) is 11.5. The summed E-state index contributed by atoms with van der Waals surface area (Å²) in [7, 11) is 0. The Morgan fingerprint density at radius 1 is 1.31 bits per heavy atom. The molecule has 1 nitrogen and oxygen atoms in total. The molecule has 1 atom stereocenters. The number of hydrogen-bond donors (Lipinski definition) is 1. The first-order chi connectivity index (χ1) is 7.50. The summed E-state index contributed by atoms with van der Waals surface area (Å²) in [5, 5.41) is 10.4. The Balaban J connectivity index is 2.50. The van der Waals surface area contributed by atoms with Crippen molar-refractivity contribution in [1.82, 2.24) is 0 Å². The van der Waals surface area contributed by atoms with E-state index >= 15 is 0 Å². The molecule has 1 aromatic carbocycles. The maximum Gasteiger partial charge on any atom is 0.165 e. The molecule has 0 bridgehead atoms. The maximum atomic E-state index is 13.8. The zero-order valence-corrected chi connectivity index (χ0v) is 9.56. The van der Waals surface area contributed by atoms with Crippen LogP contribution in [0.5, 0.6) is 0 Å². The van der Waals surface area contributed by atoms with Gasteiger partial charge in [-0.15, -0.1) is 0 Å². The van der Waals surface area contributed by atoms with Crippen LogP contribution in [0.2, 0.25) is 0 Å². The van der Waals surface area contributed by atoms with E-state index < -0.39 is 17.2 Å². The smallest absolute Gasteiger partial charge is 0.165 e. The van der Waals surface area contributed by atoms with Crippen LogP contribution in [-0.4, -0.2) is 5.11 Å². The molecule has 16 heavy (non-hydrogen) atoms. The molecule has 0 spiro atoms. The fourth-order valence-electron chi connectivity index (χ4n) is 2.24. The summed E-state index contributed by atoms with van der Waals surface area (Å²) < 4.78 is 27.3. The minimum atomic E-state index is -1.20. The minimum absolute atomic E-state index is 0.0779. The molecule has 1 aliphatic rings. The minimum Gasteiger partial charge on any atom is -0.385 e. The molecule has 0 radical (unpaired) electrons. The highest BCUT2D eigenvalue weighted by Crippen LogP contribution is 2.48. The Kier molecular flexibility index (Phi) is 2.74. The number of hydrogen-bond acceptors (Lipinski definition) is 1. The maximum absolute atomic E-state index is 13.8. The lowest BCUT2D eigenvalue weighted by molar-refractivity contribution is 0.00493. The van der Waals surface area contributed by atoms with Gasteiger partial charge in [-0.25, -0.2) is 8.78 Å². The summed E-state index contributed by atoms with van der Waals surface area (Å²) in [6, 6.07) is 3.03. The predicted octanol–water partition coefficient (Wildman–Crippen LogP) is 3.28. The van der Waals surface area contributed by atoms with Crippen molar-refractivity contribution in [2.75, 3.05) is 0 Å². The molecule has 0 amide bonds. The van der Waals surface area contributed by atoms with Gasteiger partial charge in [0, 0.05) is 5.56 Å². The quantitative estimate of drug-likeness (QED) is 0.838. The van der Waals surface area contributed by atoms with Gasteiger partial charge in [-0.2, -0.15) is 0 Å². The van der Waals surface area contributed by atoms with Crippen LogP contribution in [-0.2, 0) is 5.60 Å². The Bertz CT molecular complexity index is 413. The van der Waals surface area contributed by atoms with Crippen LogP contribution in [0.1, 0.15) is 37.3 Å². The van der Waals surface area contributed by atoms with Gasteiger partial charge in [0.2, 0.25) is 0 Å². The van der Waals surface area contributed by atoms with E-state index in [1.54, 1.807) is 6.92 Å². The zero-order valence-electron chi connectivity index (χ0n) is 9.56. The number of aryl methyl sites for hydroxylation is 1. The lowest BCUT2D eigenvalue weighted by Crippen LogP contribution is -2.29. The molecule has 1 N–H and O–H groups in total. The first-order valence-corrected chi connectivity index (χ1v) is 5.68. The third kappa shape index (κ3) is 1.63. The summed E-state index contributed by atoms with van der Waals surface area (Å²) in [5.41, 5.74) is -0.811. The third-order valence-electron chi connectivity index (χ3n) is 3.53. The highest BCUT2D eigenvalue weighted by atomic mass is 19.2. The van der Waals surface area contributed by atoms with E-state index in [1.165, 1.54) is 19.1 Å². The van der Waals surface area contributed by atoms with Crippen molar-refractivity contribution >= 4 is 0 Å². The average Bonchev–Trinajstić information content (AvgIpc) is 3.09. The fourth-order valence-corrected chi connectivity index (χ4v) is 2.24. The summed E-state index contributed by atoms with van der Waals surface area (Å²) in [6.07, 6.45) is 2.19. The van der Waals surface area contributed by atoms with Crippen LogP contribution < -0.4 is 0 Å². The van der Waals surface area contributed by atoms with Crippen molar-refractivity contribution in [3.8, 4) is 0 Å². The van der Waals surface area contributed by atoms with E-state index in [0.29, 0.717) is 6.42 Å². The van der Waals surface area contributed by atoms with Gasteiger partial charge in [-0.05, 0) is 37.7 Å². The average molecular weight is 226 g/mol. The molecule has 3 heteroatoms. The molecule has 1 fully saturated rings.